The summed E-state index contributed by atoms with van der Waals surface area (Å²) in [6.45, 7) is 4.56. The van der Waals surface area contributed by atoms with E-state index in [2.05, 4.69) is 16.4 Å². The maximum absolute atomic E-state index is 12.8. The van der Waals surface area contributed by atoms with Crippen molar-refractivity contribution in [2.45, 2.75) is 38.2 Å². The van der Waals surface area contributed by atoms with Crippen molar-refractivity contribution in [2.24, 2.45) is 0 Å². The predicted octanol–water partition coefficient (Wildman–Crippen LogP) is 4.17. The van der Waals surface area contributed by atoms with E-state index < -0.39 is 0 Å². The van der Waals surface area contributed by atoms with Gasteiger partial charge in [-0.1, -0.05) is 23.8 Å². The molecule has 0 unspecified atom stereocenters. The van der Waals surface area contributed by atoms with E-state index in [4.69, 9.17) is 18.9 Å². The number of rotatable bonds is 8. The maximum atomic E-state index is 12.8. The molecule has 0 radical (unpaired) electrons. The first kappa shape index (κ1) is 22.7. The molecular weight excluding hydrogens is 452 g/mol. The molecule has 0 saturated carbocycles. The highest BCUT2D eigenvalue weighted by Gasteiger charge is 2.36. The van der Waals surface area contributed by atoms with Gasteiger partial charge in [-0.3, -0.25) is 4.79 Å². The van der Waals surface area contributed by atoms with Crippen LogP contribution in [0.15, 0.2) is 47.8 Å². The average molecular weight is 481 g/mol. The summed E-state index contributed by atoms with van der Waals surface area (Å²) >= 11 is 1.51. The number of nitrogens with zero attached hydrogens (tertiary/aromatic N) is 1. The fourth-order valence-electron chi connectivity index (χ4n) is 4.33. The molecule has 2 aliphatic heterocycles. The topological polar surface area (TPSA) is 78.9 Å². The standard InChI is InChI=1S/C26H28N2O5S/c1-18-2-5-21(6-3-18)31-14-25-28-20(15-34-25)13-24(29)27-16-26(8-10-30-11-9-26)19-4-7-22-23(12-19)33-17-32-22/h2-7,12,15H,8-11,13-14,16-17H2,1H3,(H,27,29). The molecule has 0 spiro atoms. The summed E-state index contributed by atoms with van der Waals surface area (Å²) in [6.07, 6.45) is 1.92. The number of carbonyl (C=O) groups excluding carboxylic acids is 1. The number of hydrogen-bond donors (Lipinski definition) is 1. The second-order valence-electron chi connectivity index (χ2n) is 8.75. The minimum absolute atomic E-state index is 0.0390. The minimum Gasteiger partial charge on any atom is -0.486 e. The Bertz CT molecular complexity index is 1140. The molecule has 178 valence electrons. The summed E-state index contributed by atoms with van der Waals surface area (Å²) in [5.41, 5.74) is 2.90. The molecule has 0 bridgehead atoms. The highest BCUT2D eigenvalue weighted by atomic mass is 32.1. The molecule has 1 aromatic heterocycles. The van der Waals surface area contributed by atoms with Crippen LogP contribution in [0.25, 0.3) is 0 Å². The SMILES string of the molecule is Cc1ccc(OCc2nc(CC(=O)NCC3(c4ccc5c(c4)OCO5)CCOCC3)cs2)cc1. The molecule has 0 aliphatic carbocycles. The number of nitrogens with one attached hydrogen (secondary N) is 1. The van der Waals surface area contributed by atoms with Crippen molar-refractivity contribution in [1.82, 2.24) is 10.3 Å². The number of hydrogen-bond acceptors (Lipinski definition) is 7. The Morgan fingerprint density at radius 1 is 1.12 bits per heavy atom. The second kappa shape index (κ2) is 10.0. The van der Waals surface area contributed by atoms with Crippen LogP contribution in [0.2, 0.25) is 0 Å². The zero-order valence-electron chi connectivity index (χ0n) is 19.2. The van der Waals surface area contributed by atoms with E-state index in [-0.39, 0.29) is 24.5 Å². The van der Waals surface area contributed by atoms with Crippen LogP contribution in [0.1, 0.15) is 34.7 Å². The summed E-state index contributed by atoms with van der Waals surface area (Å²) in [6, 6.07) is 14.0. The predicted molar refractivity (Wildman–Crippen MR) is 129 cm³/mol. The van der Waals surface area contributed by atoms with E-state index >= 15 is 0 Å². The average Bonchev–Trinajstić information content (AvgIpc) is 3.52. The molecule has 3 heterocycles. The molecule has 8 heteroatoms. The summed E-state index contributed by atoms with van der Waals surface area (Å²) in [4.78, 5) is 17.4. The van der Waals surface area contributed by atoms with Gasteiger partial charge in [0.2, 0.25) is 12.7 Å². The van der Waals surface area contributed by atoms with Gasteiger partial charge in [0.1, 0.15) is 17.4 Å². The molecule has 5 rings (SSSR count). The smallest absolute Gasteiger partial charge is 0.231 e. The summed E-state index contributed by atoms with van der Waals surface area (Å²) in [5.74, 6) is 2.30. The van der Waals surface area contributed by atoms with Crippen LogP contribution in [0.3, 0.4) is 0 Å². The molecule has 0 atom stereocenters. The number of benzene rings is 2. The van der Waals surface area contributed by atoms with Gasteiger partial charge in [0, 0.05) is 30.6 Å². The van der Waals surface area contributed by atoms with Crippen LogP contribution in [0.4, 0.5) is 0 Å². The molecule has 1 amide bonds. The lowest BCUT2D eigenvalue weighted by Crippen LogP contribution is -2.45. The summed E-state index contributed by atoms with van der Waals surface area (Å²) in [7, 11) is 0. The van der Waals surface area contributed by atoms with Crippen molar-refractivity contribution in [2.75, 3.05) is 26.6 Å². The van der Waals surface area contributed by atoms with E-state index in [0.717, 1.165) is 46.4 Å². The van der Waals surface area contributed by atoms with Gasteiger partial charge < -0.3 is 24.3 Å². The van der Waals surface area contributed by atoms with Crippen LogP contribution >= 0.6 is 11.3 Å². The third kappa shape index (κ3) is 5.18. The molecule has 3 aromatic rings. The van der Waals surface area contributed by atoms with Gasteiger partial charge in [-0.15, -0.1) is 11.3 Å². The molecule has 1 saturated heterocycles. The molecule has 34 heavy (non-hydrogen) atoms. The normalized spacial score (nSPS) is 16.3. The van der Waals surface area contributed by atoms with Crippen LogP contribution < -0.4 is 19.5 Å². The lowest BCUT2D eigenvalue weighted by Gasteiger charge is -2.38. The van der Waals surface area contributed by atoms with Crippen molar-refractivity contribution in [3.63, 3.8) is 0 Å². The van der Waals surface area contributed by atoms with Crippen molar-refractivity contribution >= 4 is 17.2 Å². The lowest BCUT2D eigenvalue weighted by atomic mass is 9.74. The number of ether oxygens (including phenoxy) is 4. The van der Waals surface area contributed by atoms with Crippen LogP contribution in [0, 0.1) is 6.92 Å². The monoisotopic (exact) mass is 480 g/mol. The van der Waals surface area contributed by atoms with Gasteiger partial charge in [0.15, 0.2) is 11.5 Å². The minimum atomic E-state index is -0.190. The molecule has 7 nitrogen and oxygen atoms in total. The van der Waals surface area contributed by atoms with Crippen LogP contribution in [-0.4, -0.2) is 37.4 Å². The lowest BCUT2D eigenvalue weighted by molar-refractivity contribution is -0.121. The first-order chi connectivity index (χ1) is 16.6. The fraction of sp³-hybridized carbons (Fsp3) is 0.385. The van der Waals surface area contributed by atoms with Gasteiger partial charge in [0.25, 0.3) is 0 Å². The quantitative estimate of drug-likeness (QED) is 0.522. The Balaban J connectivity index is 1.18. The first-order valence-electron chi connectivity index (χ1n) is 11.5. The number of fused-ring (bicyclic) bond motifs is 1. The Kier molecular flexibility index (Phi) is 6.69. The highest BCUT2D eigenvalue weighted by Crippen LogP contribution is 2.40. The molecule has 1 fully saturated rings. The van der Waals surface area contributed by atoms with Crippen LogP contribution in [-0.2, 0) is 28.0 Å². The zero-order valence-corrected chi connectivity index (χ0v) is 20.0. The third-order valence-electron chi connectivity index (χ3n) is 6.38. The number of aryl methyl sites for hydroxylation is 1. The van der Waals surface area contributed by atoms with Gasteiger partial charge >= 0.3 is 0 Å². The van der Waals surface area contributed by atoms with Crippen molar-refractivity contribution in [3.05, 3.63) is 69.7 Å². The molecule has 2 aromatic carbocycles. The third-order valence-corrected chi connectivity index (χ3v) is 7.25. The second-order valence-corrected chi connectivity index (χ2v) is 9.69. The highest BCUT2D eigenvalue weighted by molar-refractivity contribution is 7.09. The molecular formula is C26H28N2O5S. The number of carbonyl (C=O) groups is 1. The van der Waals surface area contributed by atoms with Gasteiger partial charge in [-0.05, 0) is 49.6 Å². The van der Waals surface area contributed by atoms with Crippen LogP contribution in [0.5, 0.6) is 17.2 Å². The van der Waals surface area contributed by atoms with E-state index in [1.807, 2.05) is 48.7 Å². The molecule has 2 aliphatic rings. The van der Waals surface area contributed by atoms with E-state index in [1.165, 1.54) is 16.9 Å². The Labute approximate surface area is 203 Å². The van der Waals surface area contributed by atoms with E-state index in [9.17, 15) is 4.79 Å². The largest absolute Gasteiger partial charge is 0.486 e. The van der Waals surface area contributed by atoms with Crippen molar-refractivity contribution in [3.8, 4) is 17.2 Å². The Hall–Kier alpha value is -3.10. The van der Waals surface area contributed by atoms with Crippen molar-refractivity contribution < 1.29 is 23.7 Å². The summed E-state index contributed by atoms with van der Waals surface area (Å²) in [5, 5.41) is 5.92. The van der Waals surface area contributed by atoms with E-state index in [1.54, 1.807) is 0 Å². The Morgan fingerprint density at radius 2 is 1.91 bits per heavy atom. The van der Waals surface area contributed by atoms with Crippen molar-refractivity contribution in [1.29, 1.82) is 0 Å². The number of amides is 1. The van der Waals surface area contributed by atoms with Gasteiger partial charge in [-0.2, -0.15) is 0 Å². The number of aromatic nitrogens is 1. The fourth-order valence-corrected chi connectivity index (χ4v) is 5.03. The zero-order chi connectivity index (χ0) is 23.4. The van der Waals surface area contributed by atoms with Gasteiger partial charge in [-0.25, -0.2) is 4.98 Å². The molecule has 1 N–H and O–H groups in total. The first-order valence-corrected chi connectivity index (χ1v) is 12.3. The van der Waals surface area contributed by atoms with Gasteiger partial charge in [0.05, 0.1) is 12.1 Å². The van der Waals surface area contributed by atoms with E-state index in [0.29, 0.717) is 26.4 Å². The Morgan fingerprint density at radius 3 is 2.74 bits per heavy atom. The number of thiazole rings is 1. The summed E-state index contributed by atoms with van der Waals surface area (Å²) < 4.78 is 22.5. The maximum Gasteiger partial charge on any atom is 0.231 e.